The topological polar surface area (TPSA) is 39.2 Å². The summed E-state index contributed by atoms with van der Waals surface area (Å²) in [5.41, 5.74) is 0. The largest absolute Gasteiger partial charge is 0.393 e. The second-order valence-electron chi connectivity index (χ2n) is 7.07. The Hall–Kier alpha value is -0.200. The van der Waals surface area contributed by atoms with Crippen LogP contribution in [0, 0.1) is 0 Å². The van der Waals surface area contributed by atoms with E-state index in [4.69, 9.17) is 4.74 Å². The van der Waals surface area contributed by atoms with Crippen molar-refractivity contribution in [1.82, 2.24) is 14.7 Å². The minimum Gasteiger partial charge on any atom is -0.393 e. The molecule has 3 aliphatic rings. The lowest BCUT2D eigenvalue weighted by Gasteiger charge is -2.39. The van der Waals surface area contributed by atoms with Crippen LogP contribution >= 0.6 is 0 Å². The molecule has 1 N–H and O–H groups in total. The Bertz CT molecular complexity index is 307. The maximum atomic E-state index is 9.30. The van der Waals surface area contributed by atoms with Gasteiger partial charge in [0.2, 0.25) is 0 Å². The number of hydrogen-bond acceptors (Lipinski definition) is 5. The van der Waals surface area contributed by atoms with Crippen molar-refractivity contribution in [1.29, 1.82) is 0 Å². The monoisotopic (exact) mass is 297 g/mol. The van der Waals surface area contributed by atoms with Crippen LogP contribution in [0.15, 0.2) is 0 Å². The average molecular weight is 297 g/mol. The molecule has 0 unspecified atom stereocenters. The van der Waals surface area contributed by atoms with Crippen LogP contribution in [0.25, 0.3) is 0 Å². The molecule has 2 saturated heterocycles. The minimum absolute atomic E-state index is 0.0984. The molecule has 122 valence electrons. The highest BCUT2D eigenvalue weighted by Crippen LogP contribution is 2.27. The number of ether oxygens (including phenoxy) is 1. The van der Waals surface area contributed by atoms with Crippen LogP contribution in [-0.2, 0) is 4.74 Å². The molecule has 3 rings (SSSR count). The molecule has 1 saturated carbocycles. The Balaban J connectivity index is 1.27. The molecule has 1 aliphatic carbocycles. The van der Waals surface area contributed by atoms with Gasteiger partial charge in [-0.3, -0.25) is 4.90 Å². The summed E-state index contributed by atoms with van der Waals surface area (Å²) in [6, 6.07) is 0. The minimum atomic E-state index is -0.0984. The summed E-state index contributed by atoms with van der Waals surface area (Å²) >= 11 is 0. The van der Waals surface area contributed by atoms with Crippen LogP contribution in [0.3, 0.4) is 0 Å². The molecule has 2 heterocycles. The van der Waals surface area contributed by atoms with Crippen LogP contribution in [0.2, 0.25) is 0 Å². The first-order chi connectivity index (χ1) is 10.2. The van der Waals surface area contributed by atoms with Gasteiger partial charge in [0.15, 0.2) is 0 Å². The highest BCUT2D eigenvalue weighted by atomic mass is 16.5. The van der Waals surface area contributed by atoms with Gasteiger partial charge in [-0.2, -0.15) is 0 Å². The van der Waals surface area contributed by atoms with Crippen LogP contribution in [-0.4, -0.2) is 97.5 Å². The lowest BCUT2D eigenvalue weighted by molar-refractivity contribution is -0.116. The van der Waals surface area contributed by atoms with Gasteiger partial charge in [0.1, 0.15) is 0 Å². The van der Waals surface area contributed by atoms with Gasteiger partial charge in [-0.1, -0.05) is 0 Å². The maximum absolute atomic E-state index is 9.30. The predicted molar refractivity (Wildman–Crippen MR) is 83.5 cm³/mol. The number of piperazine rings is 1. The van der Waals surface area contributed by atoms with Crippen molar-refractivity contribution >= 4 is 0 Å². The van der Waals surface area contributed by atoms with E-state index in [0.717, 1.165) is 25.7 Å². The summed E-state index contributed by atoms with van der Waals surface area (Å²) in [4.78, 5) is 7.60. The first kappa shape index (κ1) is 15.7. The van der Waals surface area contributed by atoms with Gasteiger partial charge in [-0.25, -0.2) is 0 Å². The number of aliphatic hydroxyl groups is 1. The van der Waals surface area contributed by atoms with E-state index in [-0.39, 0.29) is 6.10 Å². The number of likely N-dealkylation sites (tertiary alicyclic amines) is 1. The molecule has 3 fully saturated rings. The van der Waals surface area contributed by atoms with E-state index in [0.29, 0.717) is 12.2 Å². The van der Waals surface area contributed by atoms with E-state index in [1.54, 1.807) is 0 Å². The number of hydrogen-bond donors (Lipinski definition) is 1. The standard InChI is InChI=1S/C16H31N3O2/c1-17-6-8-19(9-7-17)11-10-18-4-2-15(3-5-18)21-16-12-14(20)13-16/h14-16,20H,2-13H2,1H3. The van der Waals surface area contributed by atoms with Crippen LogP contribution in [0.4, 0.5) is 0 Å². The van der Waals surface area contributed by atoms with E-state index >= 15 is 0 Å². The third-order valence-corrected chi connectivity index (χ3v) is 5.32. The van der Waals surface area contributed by atoms with Gasteiger partial charge in [-0.15, -0.1) is 0 Å². The number of likely N-dealkylation sites (N-methyl/N-ethyl adjacent to an activating group) is 1. The number of piperidine rings is 1. The maximum Gasteiger partial charge on any atom is 0.0628 e. The van der Waals surface area contributed by atoms with Crippen LogP contribution in [0.5, 0.6) is 0 Å². The molecule has 5 nitrogen and oxygen atoms in total. The van der Waals surface area contributed by atoms with Gasteiger partial charge in [-0.05, 0) is 32.7 Å². The highest BCUT2D eigenvalue weighted by molar-refractivity contribution is 4.82. The Kier molecular flexibility index (Phi) is 5.51. The van der Waals surface area contributed by atoms with Crippen molar-refractivity contribution < 1.29 is 9.84 Å². The first-order valence-corrected chi connectivity index (χ1v) is 8.66. The van der Waals surface area contributed by atoms with Crippen molar-refractivity contribution in [3.05, 3.63) is 0 Å². The van der Waals surface area contributed by atoms with Gasteiger partial charge >= 0.3 is 0 Å². The SMILES string of the molecule is CN1CCN(CCN2CCC(OC3CC(O)C3)CC2)CC1. The lowest BCUT2D eigenvalue weighted by atomic mass is 9.92. The summed E-state index contributed by atoms with van der Waals surface area (Å²) in [5.74, 6) is 0. The fraction of sp³-hybridized carbons (Fsp3) is 1.00. The molecule has 0 aromatic heterocycles. The smallest absolute Gasteiger partial charge is 0.0628 e. The van der Waals surface area contributed by atoms with Crippen molar-refractivity contribution in [2.45, 2.75) is 44.0 Å². The summed E-state index contributed by atoms with van der Waals surface area (Å²) in [6.45, 7) is 9.64. The van der Waals surface area contributed by atoms with Gasteiger partial charge in [0.05, 0.1) is 18.3 Å². The summed E-state index contributed by atoms with van der Waals surface area (Å²) in [6.07, 6.45) is 4.70. The zero-order valence-corrected chi connectivity index (χ0v) is 13.4. The molecule has 21 heavy (non-hydrogen) atoms. The number of rotatable bonds is 5. The van der Waals surface area contributed by atoms with E-state index in [1.807, 2.05) is 0 Å². The second kappa shape index (κ2) is 7.38. The molecule has 0 radical (unpaired) electrons. The molecule has 5 heteroatoms. The third-order valence-electron chi connectivity index (χ3n) is 5.32. The zero-order chi connectivity index (χ0) is 14.7. The van der Waals surface area contributed by atoms with Gasteiger partial charge < -0.3 is 19.6 Å². The van der Waals surface area contributed by atoms with Crippen molar-refractivity contribution in [3.63, 3.8) is 0 Å². The van der Waals surface area contributed by atoms with Gasteiger partial charge in [0, 0.05) is 52.4 Å². The van der Waals surface area contributed by atoms with E-state index in [2.05, 4.69) is 21.7 Å². The van der Waals surface area contributed by atoms with Crippen molar-refractivity contribution in [3.8, 4) is 0 Å². The summed E-state index contributed by atoms with van der Waals surface area (Å²) < 4.78 is 6.05. The normalized spacial score (nSPS) is 34.0. The lowest BCUT2D eigenvalue weighted by Crippen LogP contribution is -2.48. The van der Waals surface area contributed by atoms with Crippen molar-refractivity contribution in [2.75, 3.05) is 59.4 Å². The van der Waals surface area contributed by atoms with Crippen molar-refractivity contribution in [2.24, 2.45) is 0 Å². The number of nitrogens with zero attached hydrogens (tertiary/aromatic N) is 3. The average Bonchev–Trinajstić information content (AvgIpc) is 2.46. The van der Waals surface area contributed by atoms with Crippen LogP contribution in [0.1, 0.15) is 25.7 Å². The molecule has 0 aromatic rings. The summed E-state index contributed by atoms with van der Waals surface area (Å²) in [5, 5.41) is 9.30. The molecular formula is C16H31N3O2. The second-order valence-corrected chi connectivity index (χ2v) is 7.07. The fourth-order valence-corrected chi connectivity index (χ4v) is 3.54. The quantitative estimate of drug-likeness (QED) is 0.787. The molecule has 0 aromatic carbocycles. The molecule has 0 atom stereocenters. The third kappa shape index (κ3) is 4.63. The summed E-state index contributed by atoms with van der Waals surface area (Å²) in [7, 11) is 2.21. The van der Waals surface area contributed by atoms with E-state index in [9.17, 15) is 5.11 Å². The van der Waals surface area contributed by atoms with Crippen LogP contribution < -0.4 is 0 Å². The molecule has 0 amide bonds. The van der Waals surface area contributed by atoms with Gasteiger partial charge in [0.25, 0.3) is 0 Å². The highest BCUT2D eigenvalue weighted by Gasteiger charge is 2.31. The fourth-order valence-electron chi connectivity index (χ4n) is 3.54. The predicted octanol–water partition coefficient (Wildman–Crippen LogP) is 0.238. The first-order valence-electron chi connectivity index (χ1n) is 8.66. The Labute approximate surface area is 128 Å². The Morgan fingerprint density at radius 3 is 2.00 bits per heavy atom. The zero-order valence-electron chi connectivity index (χ0n) is 13.4. The molecular weight excluding hydrogens is 266 g/mol. The molecule has 0 spiro atoms. The number of aliphatic hydroxyl groups excluding tert-OH is 1. The molecule has 2 aliphatic heterocycles. The van der Waals surface area contributed by atoms with E-state index < -0.39 is 0 Å². The Morgan fingerprint density at radius 1 is 0.857 bits per heavy atom. The van der Waals surface area contributed by atoms with E-state index in [1.165, 1.54) is 52.4 Å². The Morgan fingerprint density at radius 2 is 1.43 bits per heavy atom. The molecule has 0 bridgehead atoms.